The molecule has 8 nitrogen and oxygen atoms in total. The van der Waals surface area contributed by atoms with Gasteiger partial charge >= 0.3 is 23.9 Å². The Kier molecular flexibility index (Phi) is 3.35. The molecule has 0 aromatic carbocycles. The average Bonchev–Trinajstić information content (AvgIpc) is 2.56. The summed E-state index contributed by atoms with van der Waals surface area (Å²) in [5, 5.41) is 35.2. The van der Waals surface area contributed by atoms with Crippen molar-refractivity contribution in [3.8, 4) is 0 Å². The van der Waals surface area contributed by atoms with Gasteiger partial charge in [-0.1, -0.05) is 0 Å². The van der Waals surface area contributed by atoms with Crippen molar-refractivity contribution >= 4 is 23.9 Å². The zero-order chi connectivity index (χ0) is 13.3. The van der Waals surface area contributed by atoms with Crippen LogP contribution >= 0.6 is 0 Å². The van der Waals surface area contributed by atoms with Gasteiger partial charge in [-0.25, -0.2) is 0 Å². The summed E-state index contributed by atoms with van der Waals surface area (Å²) in [6, 6.07) is 0. The van der Waals surface area contributed by atoms with Crippen LogP contribution in [0.1, 0.15) is 6.42 Å². The molecule has 1 saturated carbocycles. The summed E-state index contributed by atoms with van der Waals surface area (Å²) in [5.41, 5.74) is 0. The third kappa shape index (κ3) is 2.19. The Morgan fingerprint density at radius 2 is 0.941 bits per heavy atom. The predicted octanol–water partition coefficient (Wildman–Crippen LogP) is -0.807. The van der Waals surface area contributed by atoms with Gasteiger partial charge in [0.25, 0.3) is 0 Å². The first-order valence-electron chi connectivity index (χ1n) is 4.68. The van der Waals surface area contributed by atoms with Gasteiger partial charge < -0.3 is 20.4 Å². The second kappa shape index (κ2) is 4.40. The summed E-state index contributed by atoms with van der Waals surface area (Å²) in [6.45, 7) is 0. The van der Waals surface area contributed by atoms with E-state index in [2.05, 4.69) is 0 Å². The molecule has 1 fully saturated rings. The van der Waals surface area contributed by atoms with Crippen molar-refractivity contribution in [3.05, 3.63) is 0 Å². The fraction of sp³-hybridized carbons (Fsp3) is 0.556. The van der Waals surface area contributed by atoms with Gasteiger partial charge in [0.05, 0.1) is 23.7 Å². The van der Waals surface area contributed by atoms with Crippen molar-refractivity contribution in [1.82, 2.24) is 0 Å². The number of hydrogen-bond acceptors (Lipinski definition) is 4. The van der Waals surface area contributed by atoms with Crippen LogP contribution in [0.5, 0.6) is 0 Å². The van der Waals surface area contributed by atoms with E-state index in [4.69, 9.17) is 20.4 Å². The Morgan fingerprint density at radius 1 is 0.647 bits per heavy atom. The highest BCUT2D eigenvalue weighted by Gasteiger charge is 2.56. The normalized spacial score (nSPS) is 32.0. The topological polar surface area (TPSA) is 149 Å². The minimum absolute atomic E-state index is 0.488. The molecule has 8 heteroatoms. The SMILES string of the molecule is O=C(O)[C@@H]1[C@@H](C(=O)O)[C@H](C(=O)O)C[C@@H]1C(=O)O. The molecule has 1 aliphatic carbocycles. The predicted molar refractivity (Wildman–Crippen MR) is 49.1 cm³/mol. The lowest BCUT2D eigenvalue weighted by molar-refractivity contribution is -0.160. The molecule has 94 valence electrons. The van der Waals surface area contributed by atoms with E-state index in [1.54, 1.807) is 0 Å². The summed E-state index contributed by atoms with van der Waals surface area (Å²) < 4.78 is 0. The molecule has 0 radical (unpaired) electrons. The number of carbonyl (C=O) groups is 4. The average molecular weight is 246 g/mol. The first-order chi connectivity index (χ1) is 7.77. The molecule has 0 saturated heterocycles. The third-order valence-corrected chi connectivity index (χ3v) is 2.97. The van der Waals surface area contributed by atoms with Crippen LogP contribution in [-0.2, 0) is 19.2 Å². The summed E-state index contributed by atoms with van der Waals surface area (Å²) in [6.07, 6.45) is -0.488. The van der Waals surface area contributed by atoms with E-state index in [1.807, 2.05) is 0 Å². The highest BCUT2D eigenvalue weighted by atomic mass is 16.4. The van der Waals surface area contributed by atoms with Gasteiger partial charge in [-0.2, -0.15) is 0 Å². The molecule has 1 aliphatic rings. The minimum Gasteiger partial charge on any atom is -0.481 e. The van der Waals surface area contributed by atoms with Crippen LogP contribution in [-0.4, -0.2) is 44.3 Å². The van der Waals surface area contributed by atoms with E-state index in [0.717, 1.165) is 0 Å². The Labute approximate surface area is 94.5 Å². The Bertz CT molecular complexity index is 350. The number of carboxylic acid groups (broad SMARTS) is 4. The molecule has 1 rings (SSSR count). The van der Waals surface area contributed by atoms with Crippen LogP contribution < -0.4 is 0 Å². The maximum absolute atomic E-state index is 10.9. The number of rotatable bonds is 4. The van der Waals surface area contributed by atoms with Gasteiger partial charge in [0.15, 0.2) is 0 Å². The number of hydrogen-bond donors (Lipinski definition) is 4. The summed E-state index contributed by atoms with van der Waals surface area (Å²) >= 11 is 0. The summed E-state index contributed by atoms with van der Waals surface area (Å²) in [5.74, 6) is -12.6. The fourth-order valence-electron chi connectivity index (χ4n) is 2.23. The third-order valence-electron chi connectivity index (χ3n) is 2.97. The van der Waals surface area contributed by atoms with Crippen LogP contribution in [0.15, 0.2) is 0 Å². The fourth-order valence-corrected chi connectivity index (χ4v) is 2.23. The maximum atomic E-state index is 10.9. The van der Waals surface area contributed by atoms with Crippen molar-refractivity contribution < 1.29 is 39.6 Å². The van der Waals surface area contributed by atoms with Crippen molar-refractivity contribution in [3.63, 3.8) is 0 Å². The van der Waals surface area contributed by atoms with E-state index >= 15 is 0 Å². The molecular formula is C9H10O8. The Morgan fingerprint density at radius 3 is 1.12 bits per heavy atom. The van der Waals surface area contributed by atoms with E-state index in [9.17, 15) is 19.2 Å². The molecule has 0 aromatic rings. The van der Waals surface area contributed by atoms with E-state index in [1.165, 1.54) is 0 Å². The lowest BCUT2D eigenvalue weighted by atomic mass is 9.87. The lowest BCUT2D eigenvalue weighted by Crippen LogP contribution is -2.35. The van der Waals surface area contributed by atoms with Crippen molar-refractivity contribution in [2.24, 2.45) is 23.7 Å². The van der Waals surface area contributed by atoms with Crippen LogP contribution in [0.2, 0.25) is 0 Å². The molecule has 0 aliphatic heterocycles. The van der Waals surface area contributed by atoms with E-state index < -0.39 is 54.0 Å². The highest BCUT2D eigenvalue weighted by Crippen LogP contribution is 2.42. The van der Waals surface area contributed by atoms with Gasteiger partial charge in [-0.05, 0) is 6.42 Å². The van der Waals surface area contributed by atoms with Crippen molar-refractivity contribution in [2.45, 2.75) is 6.42 Å². The molecule has 17 heavy (non-hydrogen) atoms. The van der Waals surface area contributed by atoms with Crippen molar-refractivity contribution in [2.75, 3.05) is 0 Å². The zero-order valence-electron chi connectivity index (χ0n) is 8.44. The zero-order valence-corrected chi connectivity index (χ0v) is 8.44. The lowest BCUT2D eigenvalue weighted by Gasteiger charge is -2.16. The van der Waals surface area contributed by atoms with Gasteiger partial charge in [-0.3, -0.25) is 19.2 Å². The van der Waals surface area contributed by atoms with Crippen molar-refractivity contribution in [1.29, 1.82) is 0 Å². The van der Waals surface area contributed by atoms with Crippen LogP contribution in [0.3, 0.4) is 0 Å². The standard InChI is InChI=1S/C9H10O8/c10-6(11)2-1-3(7(12)13)5(9(16)17)4(2)8(14)15/h2-5H,1H2,(H,10,11)(H,12,13)(H,14,15)(H,16,17)/t2-,3+,4-,5-/m0/s1. The van der Waals surface area contributed by atoms with E-state index in [-0.39, 0.29) is 0 Å². The molecule has 0 unspecified atom stereocenters. The molecule has 0 amide bonds. The summed E-state index contributed by atoms with van der Waals surface area (Å²) in [7, 11) is 0. The number of carboxylic acids is 4. The molecule has 4 N–H and O–H groups in total. The molecule has 0 spiro atoms. The Balaban J connectivity index is 3.17. The highest BCUT2D eigenvalue weighted by molar-refractivity contribution is 5.90. The van der Waals surface area contributed by atoms with Crippen LogP contribution in [0, 0.1) is 23.7 Å². The molecule has 4 atom stereocenters. The van der Waals surface area contributed by atoms with Gasteiger partial charge in [-0.15, -0.1) is 0 Å². The largest absolute Gasteiger partial charge is 0.481 e. The molecule has 0 bridgehead atoms. The minimum atomic E-state index is -1.72. The smallest absolute Gasteiger partial charge is 0.308 e. The maximum Gasteiger partial charge on any atom is 0.308 e. The first-order valence-corrected chi connectivity index (χ1v) is 4.68. The quantitative estimate of drug-likeness (QED) is 0.503. The molecular weight excluding hydrogens is 236 g/mol. The van der Waals surface area contributed by atoms with Gasteiger partial charge in [0, 0.05) is 0 Å². The Hall–Kier alpha value is -2.12. The second-order valence-corrected chi connectivity index (χ2v) is 3.85. The first kappa shape index (κ1) is 12.9. The van der Waals surface area contributed by atoms with Crippen LogP contribution in [0.25, 0.3) is 0 Å². The van der Waals surface area contributed by atoms with Gasteiger partial charge in [0.1, 0.15) is 0 Å². The molecule has 0 heterocycles. The second-order valence-electron chi connectivity index (χ2n) is 3.85. The van der Waals surface area contributed by atoms with E-state index in [0.29, 0.717) is 0 Å². The molecule has 0 aromatic heterocycles. The number of aliphatic carboxylic acids is 4. The monoisotopic (exact) mass is 246 g/mol. The van der Waals surface area contributed by atoms with Gasteiger partial charge in [0.2, 0.25) is 0 Å². The van der Waals surface area contributed by atoms with Crippen LogP contribution in [0.4, 0.5) is 0 Å². The summed E-state index contributed by atoms with van der Waals surface area (Å²) in [4.78, 5) is 43.4.